The van der Waals surface area contributed by atoms with Crippen molar-refractivity contribution in [1.82, 2.24) is 15.2 Å². The Hall–Kier alpha value is -3.19. The molecule has 0 radical (unpaired) electrons. The van der Waals surface area contributed by atoms with Gasteiger partial charge < -0.3 is 19.4 Å². The summed E-state index contributed by atoms with van der Waals surface area (Å²) in [7, 11) is 1.38. The van der Waals surface area contributed by atoms with Gasteiger partial charge in [0.05, 0.1) is 24.4 Å². The quantitative estimate of drug-likeness (QED) is 0.434. The molecule has 164 valence electrons. The number of hydrogen-bond donors (Lipinski definition) is 1. The Kier molecular flexibility index (Phi) is 5.66. The molecule has 6 nitrogen and oxygen atoms in total. The lowest BCUT2D eigenvalue weighted by atomic mass is 10.0. The molecule has 0 amide bonds. The van der Waals surface area contributed by atoms with Crippen LogP contribution in [0.2, 0.25) is 0 Å². The number of esters is 1. The molecule has 3 heterocycles. The molecule has 1 saturated heterocycles. The second kappa shape index (κ2) is 8.74. The van der Waals surface area contributed by atoms with E-state index in [1.54, 1.807) is 12.1 Å². The zero-order chi connectivity index (χ0) is 22.1. The average Bonchev–Trinajstić information content (AvgIpc) is 3.59. The number of methoxy groups -OCH3 is 1. The van der Waals surface area contributed by atoms with Gasteiger partial charge >= 0.3 is 5.97 Å². The van der Waals surface area contributed by atoms with Gasteiger partial charge in [-0.2, -0.15) is 0 Å². The van der Waals surface area contributed by atoms with Gasteiger partial charge in [0.2, 0.25) is 0 Å². The first kappa shape index (κ1) is 20.7. The van der Waals surface area contributed by atoms with Gasteiger partial charge in [0.15, 0.2) is 5.11 Å². The minimum atomic E-state index is -0.354. The summed E-state index contributed by atoms with van der Waals surface area (Å²) in [5.41, 5.74) is 2.36. The number of rotatable bonds is 5. The molecule has 2 atom stereocenters. The molecule has 32 heavy (non-hydrogen) atoms. The van der Waals surface area contributed by atoms with Crippen molar-refractivity contribution >= 4 is 23.3 Å². The summed E-state index contributed by atoms with van der Waals surface area (Å²) in [6.45, 7) is 0. The predicted octanol–water partition coefficient (Wildman–Crippen LogP) is 5.04. The Morgan fingerprint density at radius 1 is 1.12 bits per heavy atom. The lowest BCUT2D eigenvalue weighted by Gasteiger charge is -2.31. The van der Waals surface area contributed by atoms with Crippen LogP contribution in [0.5, 0.6) is 0 Å². The van der Waals surface area contributed by atoms with Crippen molar-refractivity contribution < 1.29 is 13.9 Å². The van der Waals surface area contributed by atoms with E-state index in [1.165, 1.54) is 20.0 Å². The summed E-state index contributed by atoms with van der Waals surface area (Å²) in [5, 5.41) is 4.27. The Morgan fingerprint density at radius 2 is 1.91 bits per heavy atom. The number of hydrogen-bond acceptors (Lipinski definition) is 5. The maximum Gasteiger partial charge on any atom is 0.337 e. The maximum absolute atomic E-state index is 11.7. The van der Waals surface area contributed by atoms with E-state index in [4.69, 9.17) is 21.4 Å². The lowest BCUT2D eigenvalue weighted by molar-refractivity contribution is 0.0600. The van der Waals surface area contributed by atoms with Crippen LogP contribution in [-0.4, -0.2) is 34.1 Å². The number of benzene rings is 1. The number of pyridine rings is 1. The molecule has 3 aromatic rings. The van der Waals surface area contributed by atoms with E-state index in [0.29, 0.717) is 11.6 Å². The van der Waals surface area contributed by atoms with Crippen LogP contribution in [0, 0.1) is 0 Å². The van der Waals surface area contributed by atoms with Gasteiger partial charge in [-0.15, -0.1) is 0 Å². The van der Waals surface area contributed by atoms with Crippen LogP contribution >= 0.6 is 12.2 Å². The normalized spacial score (nSPS) is 21.0. The molecule has 0 unspecified atom stereocenters. The molecule has 7 heteroatoms. The largest absolute Gasteiger partial charge is 0.465 e. The molecule has 1 saturated carbocycles. The molecule has 1 N–H and O–H groups in total. The summed E-state index contributed by atoms with van der Waals surface area (Å²) >= 11 is 5.78. The third kappa shape index (κ3) is 3.77. The minimum absolute atomic E-state index is 0.0661. The number of furan rings is 1. The molecular formula is C25H25N3O3S. The van der Waals surface area contributed by atoms with E-state index in [2.05, 4.69) is 15.2 Å². The number of nitrogens with one attached hydrogen (secondary N) is 1. The third-order valence-electron chi connectivity index (χ3n) is 6.36. The SMILES string of the molecule is COC(=O)c1ccc(-c2ccc([C@H]3[C@@H](c4ccccn4)NC(=S)N3C3CCCC3)o2)cc1. The average molecular weight is 448 g/mol. The van der Waals surface area contributed by atoms with Crippen LogP contribution in [-0.2, 0) is 4.74 Å². The van der Waals surface area contributed by atoms with Gasteiger partial charge in [0, 0.05) is 17.8 Å². The first-order valence-electron chi connectivity index (χ1n) is 10.9. The highest BCUT2D eigenvalue weighted by Crippen LogP contribution is 2.44. The number of thiocarbonyl (C=S) groups is 1. The number of carbonyl (C=O) groups excluding carboxylic acids is 1. The topological polar surface area (TPSA) is 67.6 Å². The molecular weight excluding hydrogens is 422 g/mol. The molecule has 0 spiro atoms. The van der Waals surface area contributed by atoms with E-state index in [-0.39, 0.29) is 18.1 Å². The third-order valence-corrected chi connectivity index (χ3v) is 6.69. The van der Waals surface area contributed by atoms with Gasteiger partial charge in [-0.3, -0.25) is 4.98 Å². The van der Waals surface area contributed by atoms with Crippen molar-refractivity contribution in [3.63, 3.8) is 0 Å². The van der Waals surface area contributed by atoms with E-state index >= 15 is 0 Å². The Balaban J connectivity index is 1.49. The van der Waals surface area contributed by atoms with Crippen molar-refractivity contribution in [1.29, 1.82) is 0 Å². The van der Waals surface area contributed by atoms with E-state index in [9.17, 15) is 4.79 Å². The number of aromatic nitrogens is 1. The smallest absolute Gasteiger partial charge is 0.337 e. The summed E-state index contributed by atoms with van der Waals surface area (Å²) < 4.78 is 11.2. The van der Waals surface area contributed by atoms with Gasteiger partial charge in [0.25, 0.3) is 0 Å². The summed E-state index contributed by atoms with van der Waals surface area (Å²) in [4.78, 5) is 18.6. The fraction of sp³-hybridized carbons (Fsp3) is 0.320. The number of carbonyl (C=O) groups is 1. The number of nitrogens with zero attached hydrogens (tertiary/aromatic N) is 2. The molecule has 0 bridgehead atoms. The van der Waals surface area contributed by atoms with Gasteiger partial charge in [-0.05, 0) is 61.5 Å². The first-order valence-corrected chi connectivity index (χ1v) is 11.3. The second-order valence-corrected chi connectivity index (χ2v) is 8.63. The molecule has 2 fully saturated rings. The Labute approximate surface area is 192 Å². The fourth-order valence-electron chi connectivity index (χ4n) is 4.80. The molecule has 1 aliphatic heterocycles. The van der Waals surface area contributed by atoms with Gasteiger partial charge in [0.1, 0.15) is 17.6 Å². The predicted molar refractivity (Wildman–Crippen MR) is 125 cm³/mol. The summed E-state index contributed by atoms with van der Waals surface area (Å²) in [6, 6.07) is 17.5. The van der Waals surface area contributed by atoms with Crippen molar-refractivity contribution in [2.45, 2.75) is 43.8 Å². The molecule has 1 aliphatic carbocycles. The summed E-state index contributed by atoms with van der Waals surface area (Å²) in [5.74, 6) is 1.25. The van der Waals surface area contributed by atoms with Gasteiger partial charge in [-0.25, -0.2) is 4.79 Å². The van der Waals surface area contributed by atoms with Crippen molar-refractivity contribution in [3.8, 4) is 11.3 Å². The highest BCUT2D eigenvalue weighted by molar-refractivity contribution is 7.80. The molecule has 2 aliphatic rings. The van der Waals surface area contributed by atoms with E-state index < -0.39 is 0 Å². The molecule has 5 rings (SSSR count). The van der Waals surface area contributed by atoms with Crippen molar-refractivity contribution in [3.05, 3.63) is 77.8 Å². The highest BCUT2D eigenvalue weighted by atomic mass is 32.1. The van der Waals surface area contributed by atoms with Gasteiger partial charge in [-0.1, -0.05) is 31.0 Å². The first-order chi connectivity index (χ1) is 15.7. The lowest BCUT2D eigenvalue weighted by Crippen LogP contribution is -2.37. The second-order valence-electron chi connectivity index (χ2n) is 8.24. The van der Waals surface area contributed by atoms with Crippen molar-refractivity contribution in [2.75, 3.05) is 7.11 Å². The van der Waals surface area contributed by atoms with Crippen LogP contribution in [0.15, 0.2) is 65.2 Å². The Bertz CT molecular complexity index is 1110. The van der Waals surface area contributed by atoms with E-state index in [0.717, 1.165) is 40.7 Å². The zero-order valence-corrected chi connectivity index (χ0v) is 18.7. The molecule has 1 aromatic carbocycles. The van der Waals surface area contributed by atoms with Crippen molar-refractivity contribution in [2.24, 2.45) is 0 Å². The monoisotopic (exact) mass is 447 g/mol. The molecule has 2 aromatic heterocycles. The van der Waals surface area contributed by atoms with Crippen LogP contribution in [0.3, 0.4) is 0 Å². The maximum atomic E-state index is 11.7. The standard InChI is InChI=1S/C25H25N3O3S/c1-30-24(29)17-11-9-16(10-12-17)20-13-14-21(31-20)23-22(19-8-4-5-15-26-19)27-25(32)28(23)18-6-2-3-7-18/h4-5,8-15,18,22-23H,2-3,6-7H2,1H3,(H,27,32)/t22-,23+/m1/s1. The minimum Gasteiger partial charge on any atom is -0.465 e. The van der Waals surface area contributed by atoms with Crippen LogP contribution in [0.25, 0.3) is 11.3 Å². The van der Waals surface area contributed by atoms with Crippen LogP contribution < -0.4 is 5.32 Å². The number of ether oxygens (including phenoxy) is 1. The summed E-state index contributed by atoms with van der Waals surface area (Å²) in [6.07, 6.45) is 6.53. The van der Waals surface area contributed by atoms with Crippen LogP contribution in [0.1, 0.15) is 59.6 Å². The highest BCUT2D eigenvalue weighted by Gasteiger charge is 2.45. The van der Waals surface area contributed by atoms with E-state index in [1.807, 2.05) is 48.7 Å². The van der Waals surface area contributed by atoms with Crippen LogP contribution in [0.4, 0.5) is 0 Å². The Morgan fingerprint density at radius 3 is 2.59 bits per heavy atom. The fourth-order valence-corrected chi connectivity index (χ4v) is 5.19. The zero-order valence-electron chi connectivity index (χ0n) is 17.9.